The highest BCUT2D eigenvalue weighted by molar-refractivity contribution is 6.54. The Morgan fingerprint density at radius 1 is 1.12 bits per heavy atom. The van der Waals surface area contributed by atoms with E-state index >= 15 is 0 Å². The van der Waals surface area contributed by atoms with Crippen molar-refractivity contribution in [2.24, 2.45) is 5.41 Å². The standard InChI is InChI=1S/C13H22BNO2/c1-11(2)12(3,4)17-14(16-11)10-5-6-13(7-10)8-15-9-13/h5,15H,6-9H2,1-4H3. The van der Waals surface area contributed by atoms with Crippen LogP contribution in [0.15, 0.2) is 11.5 Å². The monoisotopic (exact) mass is 235 g/mol. The summed E-state index contributed by atoms with van der Waals surface area (Å²) in [6.07, 6.45) is 4.65. The van der Waals surface area contributed by atoms with Gasteiger partial charge in [-0.25, -0.2) is 0 Å². The van der Waals surface area contributed by atoms with Crippen LogP contribution < -0.4 is 5.32 Å². The fourth-order valence-electron chi connectivity index (χ4n) is 2.85. The van der Waals surface area contributed by atoms with Crippen LogP contribution in [0.5, 0.6) is 0 Å². The van der Waals surface area contributed by atoms with Crippen molar-refractivity contribution in [2.75, 3.05) is 13.1 Å². The van der Waals surface area contributed by atoms with Gasteiger partial charge in [-0.2, -0.15) is 0 Å². The molecule has 0 amide bonds. The Morgan fingerprint density at radius 3 is 2.12 bits per heavy atom. The molecule has 3 rings (SSSR count). The summed E-state index contributed by atoms with van der Waals surface area (Å²) >= 11 is 0. The molecule has 2 aliphatic heterocycles. The molecule has 0 atom stereocenters. The molecule has 2 heterocycles. The van der Waals surface area contributed by atoms with Crippen LogP contribution in [0.2, 0.25) is 0 Å². The molecular weight excluding hydrogens is 213 g/mol. The molecule has 0 aromatic rings. The second kappa shape index (κ2) is 3.37. The quantitative estimate of drug-likeness (QED) is 0.704. The van der Waals surface area contributed by atoms with Crippen molar-refractivity contribution in [3.05, 3.63) is 11.5 Å². The van der Waals surface area contributed by atoms with Crippen molar-refractivity contribution >= 4 is 7.12 Å². The van der Waals surface area contributed by atoms with Crippen LogP contribution in [0.1, 0.15) is 40.5 Å². The lowest BCUT2D eigenvalue weighted by molar-refractivity contribution is 0.00578. The molecule has 2 saturated heterocycles. The highest BCUT2D eigenvalue weighted by Crippen LogP contribution is 2.46. The number of rotatable bonds is 1. The predicted molar refractivity (Wildman–Crippen MR) is 68.7 cm³/mol. The van der Waals surface area contributed by atoms with E-state index in [1.807, 2.05) is 0 Å². The second-order valence-electron chi connectivity index (χ2n) is 6.85. The van der Waals surface area contributed by atoms with E-state index in [2.05, 4.69) is 39.1 Å². The van der Waals surface area contributed by atoms with Gasteiger partial charge in [0.05, 0.1) is 11.2 Å². The SMILES string of the molecule is CC1(C)OB(C2=CCC3(CNC3)C2)OC1(C)C. The Kier molecular flexibility index (Phi) is 2.33. The maximum atomic E-state index is 6.10. The van der Waals surface area contributed by atoms with Crippen LogP contribution >= 0.6 is 0 Å². The van der Waals surface area contributed by atoms with Gasteiger partial charge >= 0.3 is 7.12 Å². The van der Waals surface area contributed by atoms with E-state index in [9.17, 15) is 0 Å². The average molecular weight is 235 g/mol. The van der Waals surface area contributed by atoms with Gasteiger partial charge < -0.3 is 14.6 Å². The van der Waals surface area contributed by atoms with Gasteiger partial charge in [0.1, 0.15) is 0 Å². The third-order valence-corrected chi connectivity index (χ3v) is 4.93. The molecule has 0 radical (unpaired) electrons. The Morgan fingerprint density at radius 2 is 1.71 bits per heavy atom. The van der Waals surface area contributed by atoms with Gasteiger partial charge in [-0.05, 0) is 46.0 Å². The molecule has 2 fully saturated rings. The number of allylic oxidation sites excluding steroid dienone is 2. The van der Waals surface area contributed by atoms with E-state index < -0.39 is 0 Å². The van der Waals surface area contributed by atoms with Gasteiger partial charge in [-0.15, -0.1) is 0 Å². The minimum Gasteiger partial charge on any atom is -0.400 e. The summed E-state index contributed by atoms with van der Waals surface area (Å²) in [5.74, 6) is 0. The lowest BCUT2D eigenvalue weighted by atomic mass is 9.71. The van der Waals surface area contributed by atoms with E-state index in [-0.39, 0.29) is 18.3 Å². The smallest absolute Gasteiger partial charge is 0.400 e. The Bertz CT molecular complexity index is 356. The summed E-state index contributed by atoms with van der Waals surface area (Å²) in [7, 11) is -0.125. The van der Waals surface area contributed by atoms with Gasteiger partial charge in [-0.1, -0.05) is 6.08 Å². The van der Waals surface area contributed by atoms with Crippen molar-refractivity contribution in [2.45, 2.75) is 51.7 Å². The topological polar surface area (TPSA) is 30.5 Å². The van der Waals surface area contributed by atoms with Gasteiger partial charge in [-0.3, -0.25) is 0 Å². The van der Waals surface area contributed by atoms with Gasteiger partial charge in [0.2, 0.25) is 0 Å². The fourth-order valence-corrected chi connectivity index (χ4v) is 2.85. The molecule has 0 bridgehead atoms. The Hall–Kier alpha value is -0.315. The first kappa shape index (κ1) is 11.8. The first-order valence-electron chi connectivity index (χ1n) is 6.59. The van der Waals surface area contributed by atoms with Crippen molar-refractivity contribution in [3.8, 4) is 0 Å². The van der Waals surface area contributed by atoms with Gasteiger partial charge in [0.15, 0.2) is 0 Å². The maximum Gasteiger partial charge on any atom is 0.490 e. The highest BCUT2D eigenvalue weighted by atomic mass is 16.7. The van der Waals surface area contributed by atoms with Crippen molar-refractivity contribution in [1.29, 1.82) is 0 Å². The molecular formula is C13H22BNO2. The summed E-state index contributed by atoms with van der Waals surface area (Å²) in [6, 6.07) is 0. The van der Waals surface area contributed by atoms with E-state index in [0.717, 1.165) is 19.5 Å². The summed E-state index contributed by atoms with van der Waals surface area (Å²) in [6.45, 7) is 10.7. The molecule has 1 spiro atoms. The number of nitrogens with one attached hydrogen (secondary N) is 1. The molecule has 0 aromatic heterocycles. The Balaban J connectivity index is 1.72. The predicted octanol–water partition coefficient (Wildman–Crippen LogP) is 1.93. The number of hydrogen-bond donors (Lipinski definition) is 1. The van der Waals surface area contributed by atoms with Crippen molar-refractivity contribution in [3.63, 3.8) is 0 Å². The zero-order valence-corrected chi connectivity index (χ0v) is 11.3. The molecule has 3 aliphatic rings. The molecule has 4 heteroatoms. The zero-order valence-electron chi connectivity index (χ0n) is 11.3. The summed E-state index contributed by atoms with van der Waals surface area (Å²) in [4.78, 5) is 0. The molecule has 94 valence electrons. The van der Waals surface area contributed by atoms with Crippen LogP contribution in [-0.2, 0) is 9.31 Å². The first-order valence-corrected chi connectivity index (χ1v) is 6.59. The van der Waals surface area contributed by atoms with E-state index in [1.165, 1.54) is 11.9 Å². The minimum atomic E-state index is -0.216. The van der Waals surface area contributed by atoms with Crippen LogP contribution in [0.4, 0.5) is 0 Å². The molecule has 0 saturated carbocycles. The fraction of sp³-hybridized carbons (Fsp3) is 0.846. The van der Waals surface area contributed by atoms with Gasteiger partial charge in [0, 0.05) is 18.5 Å². The second-order valence-corrected chi connectivity index (χ2v) is 6.85. The lowest BCUT2D eigenvalue weighted by Crippen LogP contribution is -2.52. The van der Waals surface area contributed by atoms with E-state index in [4.69, 9.17) is 9.31 Å². The van der Waals surface area contributed by atoms with Crippen molar-refractivity contribution in [1.82, 2.24) is 5.32 Å². The van der Waals surface area contributed by atoms with Gasteiger partial charge in [0.25, 0.3) is 0 Å². The van der Waals surface area contributed by atoms with Crippen molar-refractivity contribution < 1.29 is 9.31 Å². The third kappa shape index (κ3) is 1.69. The van der Waals surface area contributed by atoms with E-state index in [1.54, 1.807) is 0 Å². The molecule has 1 aliphatic carbocycles. The largest absolute Gasteiger partial charge is 0.490 e. The maximum absolute atomic E-state index is 6.10. The van der Waals surface area contributed by atoms with E-state index in [0.29, 0.717) is 5.41 Å². The molecule has 17 heavy (non-hydrogen) atoms. The molecule has 1 N–H and O–H groups in total. The van der Waals surface area contributed by atoms with Crippen LogP contribution in [0.25, 0.3) is 0 Å². The highest BCUT2D eigenvalue weighted by Gasteiger charge is 2.54. The van der Waals surface area contributed by atoms with Crippen LogP contribution in [-0.4, -0.2) is 31.4 Å². The summed E-state index contributed by atoms with van der Waals surface area (Å²) in [5.41, 5.74) is 1.40. The van der Waals surface area contributed by atoms with Crippen LogP contribution in [0, 0.1) is 5.41 Å². The minimum absolute atomic E-state index is 0.125. The number of hydrogen-bond acceptors (Lipinski definition) is 3. The first-order chi connectivity index (χ1) is 7.84. The summed E-state index contributed by atoms with van der Waals surface area (Å²) in [5, 5.41) is 3.37. The molecule has 3 nitrogen and oxygen atoms in total. The molecule has 0 aromatic carbocycles. The summed E-state index contributed by atoms with van der Waals surface area (Å²) < 4.78 is 12.2. The molecule has 0 unspecified atom stereocenters. The average Bonchev–Trinajstić information content (AvgIpc) is 2.66. The van der Waals surface area contributed by atoms with Crippen LogP contribution in [0.3, 0.4) is 0 Å². The normalized spacial score (nSPS) is 32.7. The lowest BCUT2D eigenvalue weighted by Gasteiger charge is -2.39. The zero-order chi connectivity index (χ0) is 12.3. The third-order valence-electron chi connectivity index (χ3n) is 4.93. The Labute approximate surface area is 104 Å².